The highest BCUT2D eigenvalue weighted by Gasteiger charge is 2.45. The number of rotatable bonds is 2. The van der Waals surface area contributed by atoms with Crippen molar-refractivity contribution in [2.24, 2.45) is 0 Å². The Bertz CT molecular complexity index is 477. The van der Waals surface area contributed by atoms with Gasteiger partial charge in [0.25, 0.3) is 0 Å². The van der Waals surface area contributed by atoms with E-state index in [1.54, 1.807) is 5.56 Å². The molecule has 0 radical (unpaired) electrons. The average Bonchev–Trinajstić information content (AvgIpc) is 2.64. The van der Waals surface area contributed by atoms with E-state index in [2.05, 4.69) is 64.7 Å². The zero-order chi connectivity index (χ0) is 12.8. The number of fused-ring (bicyclic) bond motifs is 1. The number of aryl methyl sites for hydroxylation is 2. The van der Waals surface area contributed by atoms with Gasteiger partial charge in [-0.25, -0.2) is 0 Å². The van der Waals surface area contributed by atoms with E-state index in [-0.39, 0.29) is 0 Å². The Morgan fingerprint density at radius 2 is 1.65 bits per heavy atom. The highest BCUT2D eigenvalue weighted by atomic mass is 28.3. The quantitative estimate of drug-likeness (QED) is 0.652. The maximum Gasteiger partial charge on any atom is 0.0605 e. The van der Waals surface area contributed by atoms with Crippen LogP contribution < -0.4 is 0 Å². The molecular weight excluding hydrogens is 220 g/mol. The Kier molecular flexibility index (Phi) is 2.85. The first-order valence-electron chi connectivity index (χ1n) is 6.63. The third-order valence-electron chi connectivity index (χ3n) is 4.55. The average molecular weight is 244 g/mol. The van der Waals surface area contributed by atoms with E-state index in [1.807, 2.05) is 0 Å². The van der Waals surface area contributed by atoms with Crippen LogP contribution in [0.1, 0.15) is 35.6 Å². The van der Waals surface area contributed by atoms with Gasteiger partial charge in [-0.15, -0.1) is 0 Å². The molecule has 0 N–H and O–H groups in total. The first-order valence-corrected chi connectivity index (χ1v) is 10.1. The van der Waals surface area contributed by atoms with Crippen molar-refractivity contribution >= 4 is 14.1 Å². The minimum atomic E-state index is -1.27. The summed E-state index contributed by atoms with van der Waals surface area (Å²) in [7, 11) is -1.27. The molecule has 1 aromatic rings. The van der Waals surface area contributed by atoms with Crippen LogP contribution in [0.25, 0.3) is 6.08 Å². The maximum absolute atomic E-state index is 2.50. The van der Waals surface area contributed by atoms with Crippen LogP contribution in [-0.4, -0.2) is 8.07 Å². The fourth-order valence-corrected chi connectivity index (χ4v) is 6.12. The summed E-state index contributed by atoms with van der Waals surface area (Å²) in [5.41, 5.74) is 6.02. The van der Waals surface area contributed by atoms with Gasteiger partial charge in [-0.2, -0.15) is 0 Å². The summed E-state index contributed by atoms with van der Waals surface area (Å²) in [6.07, 6.45) is 6.11. The van der Waals surface area contributed by atoms with Gasteiger partial charge in [0, 0.05) is 5.04 Å². The zero-order valence-electron chi connectivity index (χ0n) is 12.0. The number of hydrogen-bond donors (Lipinski definition) is 0. The van der Waals surface area contributed by atoms with Crippen LogP contribution in [0.5, 0.6) is 0 Å². The summed E-state index contributed by atoms with van der Waals surface area (Å²) in [5, 5.41) is 0.346. The fraction of sp³-hybridized carbons (Fsp3) is 0.500. The lowest BCUT2D eigenvalue weighted by atomic mass is 9.91. The summed E-state index contributed by atoms with van der Waals surface area (Å²) < 4.78 is 0. The Labute approximate surface area is 107 Å². The molecule has 0 nitrogen and oxygen atoms in total. The molecule has 0 aromatic heterocycles. The summed E-state index contributed by atoms with van der Waals surface area (Å²) in [6.45, 7) is 14.3. The van der Waals surface area contributed by atoms with E-state index >= 15 is 0 Å². The molecule has 0 bridgehead atoms. The van der Waals surface area contributed by atoms with Crippen molar-refractivity contribution in [3.63, 3.8) is 0 Å². The smallest absolute Gasteiger partial charge is 0.0605 e. The van der Waals surface area contributed by atoms with Gasteiger partial charge in [-0.3, -0.25) is 0 Å². The van der Waals surface area contributed by atoms with Gasteiger partial charge in [0.15, 0.2) is 0 Å². The van der Waals surface area contributed by atoms with E-state index in [1.165, 1.54) is 23.1 Å². The van der Waals surface area contributed by atoms with Crippen molar-refractivity contribution < 1.29 is 0 Å². The molecule has 2 rings (SSSR count). The second-order valence-electron chi connectivity index (χ2n) is 6.40. The lowest BCUT2D eigenvalue weighted by molar-refractivity contribution is 0.692. The summed E-state index contributed by atoms with van der Waals surface area (Å²) in [4.78, 5) is 0. The van der Waals surface area contributed by atoms with Crippen LogP contribution in [0.3, 0.4) is 0 Å². The van der Waals surface area contributed by atoms with Gasteiger partial charge in [-0.05, 0) is 42.5 Å². The second kappa shape index (κ2) is 3.84. The SMILES string of the molecule is CCC1([Si](C)(C)C)C=Cc2c(C)ccc(C)c21. The van der Waals surface area contributed by atoms with Crippen LogP contribution in [-0.2, 0) is 5.04 Å². The molecule has 1 atom stereocenters. The fourth-order valence-electron chi connectivity index (χ4n) is 3.40. The van der Waals surface area contributed by atoms with E-state index < -0.39 is 8.07 Å². The predicted molar refractivity (Wildman–Crippen MR) is 80.3 cm³/mol. The number of hydrogen-bond acceptors (Lipinski definition) is 0. The molecular formula is C16H24Si. The van der Waals surface area contributed by atoms with Crippen LogP contribution >= 0.6 is 0 Å². The van der Waals surface area contributed by atoms with Crippen LogP contribution in [0.2, 0.25) is 19.6 Å². The largest absolute Gasteiger partial charge is 0.0761 e. The highest BCUT2D eigenvalue weighted by molar-refractivity contribution is 6.79. The zero-order valence-corrected chi connectivity index (χ0v) is 13.0. The van der Waals surface area contributed by atoms with Crippen molar-refractivity contribution in [3.05, 3.63) is 40.5 Å². The van der Waals surface area contributed by atoms with E-state index in [4.69, 9.17) is 0 Å². The van der Waals surface area contributed by atoms with Crippen LogP contribution in [0, 0.1) is 13.8 Å². The topological polar surface area (TPSA) is 0 Å². The maximum atomic E-state index is 2.50. The van der Waals surface area contributed by atoms with Crippen molar-refractivity contribution in [1.82, 2.24) is 0 Å². The number of benzene rings is 1. The Morgan fingerprint density at radius 3 is 2.18 bits per heavy atom. The lowest BCUT2D eigenvalue weighted by Gasteiger charge is -2.41. The minimum absolute atomic E-state index is 0.346. The highest BCUT2D eigenvalue weighted by Crippen LogP contribution is 2.47. The molecule has 1 heteroatoms. The van der Waals surface area contributed by atoms with E-state index in [0.29, 0.717) is 5.04 Å². The molecule has 0 heterocycles. The van der Waals surface area contributed by atoms with Crippen LogP contribution in [0.4, 0.5) is 0 Å². The number of allylic oxidation sites excluding steroid dienone is 1. The van der Waals surface area contributed by atoms with E-state index in [0.717, 1.165) is 0 Å². The second-order valence-corrected chi connectivity index (χ2v) is 11.8. The molecule has 0 fully saturated rings. The Hall–Kier alpha value is -0.823. The predicted octanol–water partition coefficient (Wildman–Crippen LogP) is 4.86. The van der Waals surface area contributed by atoms with Crippen molar-refractivity contribution in [1.29, 1.82) is 0 Å². The van der Waals surface area contributed by atoms with Gasteiger partial charge in [0.05, 0.1) is 8.07 Å². The molecule has 0 saturated carbocycles. The first-order chi connectivity index (χ1) is 7.83. The van der Waals surface area contributed by atoms with Crippen molar-refractivity contribution in [3.8, 4) is 0 Å². The molecule has 17 heavy (non-hydrogen) atoms. The summed E-state index contributed by atoms with van der Waals surface area (Å²) in [5.74, 6) is 0. The van der Waals surface area contributed by atoms with E-state index in [9.17, 15) is 0 Å². The molecule has 0 amide bonds. The van der Waals surface area contributed by atoms with Crippen molar-refractivity contribution in [2.45, 2.75) is 51.9 Å². The molecule has 0 spiro atoms. The van der Waals surface area contributed by atoms with Gasteiger partial charge in [-0.1, -0.05) is 50.8 Å². The summed E-state index contributed by atoms with van der Waals surface area (Å²) in [6, 6.07) is 4.56. The third-order valence-corrected chi connectivity index (χ3v) is 8.00. The monoisotopic (exact) mass is 244 g/mol. The minimum Gasteiger partial charge on any atom is -0.0761 e. The normalized spacial score (nSPS) is 22.9. The Balaban J connectivity index is 2.75. The molecule has 0 saturated heterocycles. The third kappa shape index (κ3) is 1.63. The standard InChI is InChI=1S/C16H24Si/c1-7-16(17(4,5)6)11-10-14-12(2)8-9-13(3)15(14)16/h8-11H,7H2,1-6H3. The molecule has 92 valence electrons. The lowest BCUT2D eigenvalue weighted by Crippen LogP contribution is -2.47. The molecule has 1 aromatic carbocycles. The van der Waals surface area contributed by atoms with Gasteiger partial charge >= 0.3 is 0 Å². The molecule has 1 unspecified atom stereocenters. The summed E-state index contributed by atoms with van der Waals surface area (Å²) >= 11 is 0. The molecule has 1 aliphatic rings. The Morgan fingerprint density at radius 1 is 1.06 bits per heavy atom. The van der Waals surface area contributed by atoms with Gasteiger partial charge < -0.3 is 0 Å². The van der Waals surface area contributed by atoms with Gasteiger partial charge in [0.1, 0.15) is 0 Å². The van der Waals surface area contributed by atoms with Crippen LogP contribution in [0.15, 0.2) is 18.2 Å². The first kappa shape index (κ1) is 12.6. The van der Waals surface area contributed by atoms with Crippen molar-refractivity contribution in [2.75, 3.05) is 0 Å². The van der Waals surface area contributed by atoms with Gasteiger partial charge in [0.2, 0.25) is 0 Å². The molecule has 1 aliphatic carbocycles. The molecule has 0 aliphatic heterocycles.